The minimum atomic E-state index is 0. The monoisotopic (exact) mass is 338 g/mol. The van der Waals surface area contributed by atoms with Gasteiger partial charge < -0.3 is 5.32 Å². The molecule has 0 spiro atoms. The standard InChI is InChI=1S/C15H23ClN2.2ClH/c1-2-3-8-15(18-11-9-17-10-12-18)13-6-4-5-7-14(13)16;;/h4-7,15,17H,2-3,8-12H2,1H3;2*1H/t15-;;/m0../s1. The fourth-order valence-electron chi connectivity index (χ4n) is 2.67. The number of halogens is 3. The molecule has 1 aliphatic rings. The Morgan fingerprint density at radius 1 is 1.20 bits per heavy atom. The van der Waals surface area contributed by atoms with Crippen molar-refractivity contribution in [1.29, 1.82) is 0 Å². The lowest BCUT2D eigenvalue weighted by molar-refractivity contribution is 0.163. The summed E-state index contributed by atoms with van der Waals surface area (Å²) >= 11 is 6.37. The van der Waals surface area contributed by atoms with E-state index in [9.17, 15) is 0 Å². The zero-order valence-electron chi connectivity index (χ0n) is 12.0. The Morgan fingerprint density at radius 2 is 1.85 bits per heavy atom. The van der Waals surface area contributed by atoms with E-state index in [0.717, 1.165) is 31.2 Å². The first-order valence-corrected chi connectivity index (χ1v) is 7.40. The van der Waals surface area contributed by atoms with Gasteiger partial charge in [-0.25, -0.2) is 0 Å². The first kappa shape index (κ1) is 20.0. The van der Waals surface area contributed by atoms with Gasteiger partial charge in [0.1, 0.15) is 0 Å². The molecule has 2 rings (SSSR count). The topological polar surface area (TPSA) is 15.3 Å². The second kappa shape index (κ2) is 10.7. The number of hydrogen-bond acceptors (Lipinski definition) is 2. The third-order valence-electron chi connectivity index (χ3n) is 3.69. The fraction of sp³-hybridized carbons (Fsp3) is 0.600. The third-order valence-corrected chi connectivity index (χ3v) is 4.03. The van der Waals surface area contributed by atoms with Crippen LogP contribution in [0.1, 0.15) is 37.8 Å². The largest absolute Gasteiger partial charge is 0.314 e. The summed E-state index contributed by atoms with van der Waals surface area (Å²) in [5.41, 5.74) is 1.30. The Balaban J connectivity index is 0.00000180. The quantitative estimate of drug-likeness (QED) is 0.859. The smallest absolute Gasteiger partial charge is 0.0453 e. The van der Waals surface area contributed by atoms with Gasteiger partial charge in [-0.1, -0.05) is 49.6 Å². The van der Waals surface area contributed by atoms with Crippen molar-refractivity contribution >= 4 is 36.4 Å². The van der Waals surface area contributed by atoms with Crippen LogP contribution in [0.25, 0.3) is 0 Å². The van der Waals surface area contributed by atoms with Crippen LogP contribution >= 0.6 is 36.4 Å². The van der Waals surface area contributed by atoms with E-state index >= 15 is 0 Å². The number of rotatable bonds is 5. The van der Waals surface area contributed by atoms with Crippen LogP contribution in [0.3, 0.4) is 0 Å². The summed E-state index contributed by atoms with van der Waals surface area (Å²) in [7, 11) is 0. The zero-order chi connectivity index (χ0) is 12.8. The van der Waals surface area contributed by atoms with E-state index in [-0.39, 0.29) is 24.8 Å². The predicted molar refractivity (Wildman–Crippen MR) is 92.7 cm³/mol. The van der Waals surface area contributed by atoms with Crippen molar-refractivity contribution < 1.29 is 0 Å². The lowest BCUT2D eigenvalue weighted by Gasteiger charge is -2.35. The van der Waals surface area contributed by atoms with E-state index in [4.69, 9.17) is 11.6 Å². The summed E-state index contributed by atoms with van der Waals surface area (Å²) in [5.74, 6) is 0. The summed E-state index contributed by atoms with van der Waals surface area (Å²) in [6, 6.07) is 8.80. The molecule has 1 fully saturated rings. The Morgan fingerprint density at radius 3 is 2.45 bits per heavy atom. The van der Waals surface area contributed by atoms with Gasteiger partial charge >= 0.3 is 0 Å². The number of nitrogens with zero attached hydrogens (tertiary/aromatic N) is 1. The molecule has 2 nitrogen and oxygen atoms in total. The molecule has 1 N–H and O–H groups in total. The molecule has 0 bridgehead atoms. The van der Waals surface area contributed by atoms with Crippen molar-refractivity contribution in [2.45, 2.75) is 32.2 Å². The highest BCUT2D eigenvalue weighted by Crippen LogP contribution is 2.31. The minimum absolute atomic E-state index is 0. The molecule has 0 aliphatic carbocycles. The van der Waals surface area contributed by atoms with Crippen LogP contribution in [0, 0.1) is 0 Å². The summed E-state index contributed by atoms with van der Waals surface area (Å²) in [4.78, 5) is 2.58. The lowest BCUT2D eigenvalue weighted by Crippen LogP contribution is -2.45. The molecule has 20 heavy (non-hydrogen) atoms. The van der Waals surface area contributed by atoms with E-state index < -0.39 is 0 Å². The van der Waals surface area contributed by atoms with Crippen molar-refractivity contribution in [3.8, 4) is 0 Å². The molecule has 5 heteroatoms. The van der Waals surface area contributed by atoms with Gasteiger partial charge in [0.05, 0.1) is 0 Å². The molecule has 1 aromatic carbocycles. The molecule has 1 aromatic rings. The molecule has 0 saturated carbocycles. The van der Waals surface area contributed by atoms with E-state index in [2.05, 4.69) is 29.3 Å². The Kier molecular flexibility index (Phi) is 10.7. The van der Waals surface area contributed by atoms with Gasteiger partial charge in [0.2, 0.25) is 0 Å². The van der Waals surface area contributed by atoms with Crippen molar-refractivity contribution in [1.82, 2.24) is 10.2 Å². The predicted octanol–water partition coefficient (Wildman–Crippen LogP) is 4.32. The average molecular weight is 340 g/mol. The van der Waals surface area contributed by atoms with Gasteiger partial charge in [0.25, 0.3) is 0 Å². The van der Waals surface area contributed by atoms with Gasteiger partial charge in [0.15, 0.2) is 0 Å². The lowest BCUT2D eigenvalue weighted by atomic mass is 9.98. The van der Waals surface area contributed by atoms with Crippen LogP contribution in [0.2, 0.25) is 5.02 Å². The minimum Gasteiger partial charge on any atom is -0.314 e. The summed E-state index contributed by atoms with van der Waals surface area (Å²) in [6.45, 7) is 6.68. The SMILES string of the molecule is CCCC[C@@H](c1ccccc1Cl)N1CCNCC1.Cl.Cl. The molecule has 1 saturated heterocycles. The van der Waals surface area contributed by atoms with Gasteiger partial charge in [-0.15, -0.1) is 24.8 Å². The van der Waals surface area contributed by atoms with Gasteiger partial charge in [0, 0.05) is 37.2 Å². The number of piperazine rings is 1. The van der Waals surface area contributed by atoms with Gasteiger partial charge in [-0.05, 0) is 18.1 Å². The van der Waals surface area contributed by atoms with Crippen LogP contribution in [-0.4, -0.2) is 31.1 Å². The van der Waals surface area contributed by atoms with Crippen LogP contribution in [0.5, 0.6) is 0 Å². The third kappa shape index (κ3) is 5.42. The van der Waals surface area contributed by atoms with Gasteiger partial charge in [-0.2, -0.15) is 0 Å². The van der Waals surface area contributed by atoms with Crippen molar-refractivity contribution in [2.75, 3.05) is 26.2 Å². The summed E-state index contributed by atoms with van der Waals surface area (Å²) in [6.07, 6.45) is 3.72. The maximum absolute atomic E-state index is 6.37. The van der Waals surface area contributed by atoms with Crippen LogP contribution in [-0.2, 0) is 0 Å². The van der Waals surface area contributed by atoms with Crippen molar-refractivity contribution in [2.24, 2.45) is 0 Å². The molecular weight excluding hydrogens is 315 g/mol. The maximum Gasteiger partial charge on any atom is 0.0453 e. The average Bonchev–Trinajstić information content (AvgIpc) is 2.42. The molecule has 0 amide bonds. The first-order chi connectivity index (χ1) is 8.83. The van der Waals surface area contributed by atoms with E-state index in [1.54, 1.807) is 0 Å². The number of benzene rings is 1. The van der Waals surface area contributed by atoms with E-state index in [0.29, 0.717) is 6.04 Å². The first-order valence-electron chi connectivity index (χ1n) is 7.02. The molecule has 0 unspecified atom stereocenters. The van der Waals surface area contributed by atoms with Crippen LogP contribution in [0.4, 0.5) is 0 Å². The van der Waals surface area contributed by atoms with E-state index in [1.165, 1.54) is 24.8 Å². The Hall–Kier alpha value is 0.01000. The number of nitrogens with one attached hydrogen (secondary N) is 1. The van der Waals surface area contributed by atoms with Crippen LogP contribution < -0.4 is 5.32 Å². The molecule has 1 heterocycles. The fourth-order valence-corrected chi connectivity index (χ4v) is 2.93. The zero-order valence-corrected chi connectivity index (χ0v) is 14.4. The highest BCUT2D eigenvalue weighted by Gasteiger charge is 2.23. The molecule has 0 radical (unpaired) electrons. The van der Waals surface area contributed by atoms with Crippen LogP contribution in [0.15, 0.2) is 24.3 Å². The maximum atomic E-state index is 6.37. The molecule has 116 valence electrons. The van der Waals surface area contributed by atoms with E-state index in [1.807, 2.05) is 12.1 Å². The summed E-state index contributed by atoms with van der Waals surface area (Å²) in [5, 5.41) is 4.33. The molecule has 0 aromatic heterocycles. The normalized spacial score (nSPS) is 16.9. The highest BCUT2D eigenvalue weighted by atomic mass is 35.5. The van der Waals surface area contributed by atoms with Crippen molar-refractivity contribution in [3.05, 3.63) is 34.9 Å². The molecule has 1 atom stereocenters. The Labute approximate surface area is 140 Å². The van der Waals surface area contributed by atoms with Crippen molar-refractivity contribution in [3.63, 3.8) is 0 Å². The summed E-state index contributed by atoms with van der Waals surface area (Å²) < 4.78 is 0. The Bertz CT molecular complexity index is 368. The van der Waals surface area contributed by atoms with Gasteiger partial charge in [-0.3, -0.25) is 4.90 Å². The highest BCUT2D eigenvalue weighted by molar-refractivity contribution is 6.31. The molecular formula is C15H25Cl3N2. The molecule has 1 aliphatic heterocycles. The number of hydrogen-bond donors (Lipinski definition) is 1. The second-order valence-electron chi connectivity index (χ2n) is 4.97. The number of unbranched alkanes of at least 4 members (excludes halogenated alkanes) is 1. The second-order valence-corrected chi connectivity index (χ2v) is 5.37.